The average molecular weight is 389 g/mol. The zero-order valence-electron chi connectivity index (χ0n) is 15.8. The third-order valence-electron chi connectivity index (χ3n) is 4.97. The van der Waals surface area contributed by atoms with Crippen LogP contribution in [0.15, 0.2) is 54.6 Å². The second-order valence-electron chi connectivity index (χ2n) is 7.04. The largest absolute Gasteiger partial charge is 0.376 e. The van der Waals surface area contributed by atoms with Gasteiger partial charge in [-0.25, -0.2) is 0 Å². The van der Waals surface area contributed by atoms with Gasteiger partial charge in [0.25, 0.3) is 0 Å². The second kappa shape index (κ2) is 10.5. The minimum absolute atomic E-state index is 0. The predicted octanol–water partition coefficient (Wildman–Crippen LogP) is 3.67. The summed E-state index contributed by atoms with van der Waals surface area (Å²) in [6.07, 6.45) is 3.03. The van der Waals surface area contributed by atoms with Crippen LogP contribution in [-0.4, -0.2) is 36.6 Å². The number of amides is 1. The van der Waals surface area contributed by atoms with Crippen LogP contribution in [0.25, 0.3) is 0 Å². The highest BCUT2D eigenvalue weighted by Gasteiger charge is 2.30. The fourth-order valence-corrected chi connectivity index (χ4v) is 3.35. The van der Waals surface area contributed by atoms with E-state index in [4.69, 9.17) is 10.5 Å². The van der Waals surface area contributed by atoms with Gasteiger partial charge in [0.2, 0.25) is 5.91 Å². The molecule has 0 radical (unpaired) electrons. The molecule has 2 atom stereocenters. The quantitative estimate of drug-likeness (QED) is 0.736. The molecule has 0 aromatic heterocycles. The summed E-state index contributed by atoms with van der Waals surface area (Å²) >= 11 is 0. The Morgan fingerprint density at radius 3 is 2.59 bits per heavy atom. The molecular weight excluding hydrogens is 360 g/mol. The Hall–Kier alpha value is -1.88. The highest BCUT2D eigenvalue weighted by Crippen LogP contribution is 2.19. The van der Waals surface area contributed by atoms with Crippen molar-refractivity contribution in [2.24, 2.45) is 5.73 Å². The number of rotatable bonds is 7. The lowest BCUT2D eigenvalue weighted by Gasteiger charge is -2.21. The van der Waals surface area contributed by atoms with Gasteiger partial charge in [0.1, 0.15) is 6.04 Å². The zero-order valence-corrected chi connectivity index (χ0v) is 16.7. The smallest absolute Gasteiger partial charge is 0.244 e. The topological polar surface area (TPSA) is 55.6 Å². The standard InChI is InChI=1S/C22H28N2O2.ClH/c1-17-9-11-19(12-10-17)21(23)22(25)24-14-13-20(16-24)26-15-5-8-18-6-3-2-4-7-18;/h2-4,6-7,9-12,20-21H,5,8,13-16,23H2,1H3;1H. The molecule has 1 amide bonds. The first-order valence-electron chi connectivity index (χ1n) is 9.40. The normalized spacial score (nSPS) is 17.4. The first kappa shape index (κ1) is 21.4. The van der Waals surface area contributed by atoms with Gasteiger partial charge in [-0.15, -0.1) is 12.4 Å². The number of likely N-dealkylation sites (tertiary alicyclic amines) is 1. The monoisotopic (exact) mass is 388 g/mol. The number of aryl methyl sites for hydroxylation is 2. The molecular formula is C22H29ClN2O2. The van der Waals surface area contributed by atoms with Gasteiger partial charge in [0.15, 0.2) is 0 Å². The van der Waals surface area contributed by atoms with Gasteiger partial charge in [-0.05, 0) is 37.3 Å². The fraction of sp³-hybridized carbons (Fsp3) is 0.409. The summed E-state index contributed by atoms with van der Waals surface area (Å²) in [5, 5.41) is 0. The van der Waals surface area contributed by atoms with Crippen LogP contribution < -0.4 is 5.73 Å². The first-order valence-corrected chi connectivity index (χ1v) is 9.40. The number of hydrogen-bond donors (Lipinski definition) is 1. The van der Waals surface area contributed by atoms with Crippen molar-refractivity contribution in [3.8, 4) is 0 Å². The summed E-state index contributed by atoms with van der Waals surface area (Å²) in [4.78, 5) is 14.5. The van der Waals surface area contributed by atoms with Crippen LogP contribution in [0, 0.1) is 6.92 Å². The van der Waals surface area contributed by atoms with Gasteiger partial charge in [-0.2, -0.15) is 0 Å². The molecule has 1 aliphatic heterocycles. The fourth-order valence-electron chi connectivity index (χ4n) is 3.35. The van der Waals surface area contributed by atoms with E-state index in [1.807, 2.05) is 42.2 Å². The van der Waals surface area contributed by atoms with Crippen molar-refractivity contribution < 1.29 is 9.53 Å². The van der Waals surface area contributed by atoms with Crippen molar-refractivity contribution in [1.82, 2.24) is 4.90 Å². The van der Waals surface area contributed by atoms with Crippen LogP contribution in [0.1, 0.15) is 35.6 Å². The Labute approximate surface area is 168 Å². The van der Waals surface area contributed by atoms with Gasteiger partial charge >= 0.3 is 0 Å². The molecule has 1 aliphatic rings. The van der Waals surface area contributed by atoms with Gasteiger partial charge in [0, 0.05) is 19.7 Å². The number of carbonyl (C=O) groups is 1. The van der Waals surface area contributed by atoms with Crippen molar-refractivity contribution in [2.75, 3.05) is 19.7 Å². The molecule has 2 aromatic rings. The highest BCUT2D eigenvalue weighted by atomic mass is 35.5. The maximum atomic E-state index is 12.6. The molecule has 146 valence electrons. The van der Waals surface area contributed by atoms with Crippen LogP contribution in [0.4, 0.5) is 0 Å². The van der Waals surface area contributed by atoms with Crippen molar-refractivity contribution in [3.63, 3.8) is 0 Å². The van der Waals surface area contributed by atoms with E-state index in [2.05, 4.69) is 24.3 Å². The molecule has 4 nitrogen and oxygen atoms in total. The number of hydrogen-bond acceptors (Lipinski definition) is 3. The maximum Gasteiger partial charge on any atom is 0.244 e. The molecule has 1 fully saturated rings. The molecule has 0 spiro atoms. The summed E-state index contributed by atoms with van der Waals surface area (Å²) in [5.41, 5.74) is 9.54. The lowest BCUT2D eigenvalue weighted by atomic mass is 10.1. The molecule has 1 saturated heterocycles. The Morgan fingerprint density at radius 1 is 1.19 bits per heavy atom. The van der Waals surface area contributed by atoms with Gasteiger partial charge in [0.05, 0.1) is 6.10 Å². The number of halogens is 1. The first-order chi connectivity index (χ1) is 12.6. The molecule has 27 heavy (non-hydrogen) atoms. The number of carbonyl (C=O) groups excluding carboxylic acids is 1. The van der Waals surface area contributed by atoms with Gasteiger partial charge < -0.3 is 15.4 Å². The van der Waals surface area contributed by atoms with Crippen molar-refractivity contribution >= 4 is 18.3 Å². The number of nitrogens with zero attached hydrogens (tertiary/aromatic N) is 1. The minimum Gasteiger partial charge on any atom is -0.376 e. The molecule has 2 N–H and O–H groups in total. The third kappa shape index (κ3) is 6.06. The summed E-state index contributed by atoms with van der Waals surface area (Å²) in [6, 6.07) is 17.7. The van der Waals surface area contributed by atoms with Crippen LogP contribution >= 0.6 is 12.4 Å². The maximum absolute atomic E-state index is 12.6. The van der Waals surface area contributed by atoms with E-state index < -0.39 is 6.04 Å². The highest BCUT2D eigenvalue weighted by molar-refractivity contribution is 5.85. The zero-order chi connectivity index (χ0) is 18.4. The van der Waals surface area contributed by atoms with Crippen LogP contribution in [0.5, 0.6) is 0 Å². The molecule has 2 aromatic carbocycles. The van der Waals surface area contributed by atoms with E-state index in [1.54, 1.807) is 0 Å². The second-order valence-corrected chi connectivity index (χ2v) is 7.04. The molecule has 5 heteroatoms. The minimum atomic E-state index is -0.590. The van der Waals surface area contributed by atoms with E-state index in [0.29, 0.717) is 6.54 Å². The Kier molecular flexibility index (Phi) is 8.29. The van der Waals surface area contributed by atoms with Crippen LogP contribution in [-0.2, 0) is 16.0 Å². The van der Waals surface area contributed by atoms with E-state index >= 15 is 0 Å². The SMILES string of the molecule is Cc1ccc(C(N)C(=O)N2CCC(OCCCc3ccccc3)C2)cc1.Cl. The Balaban J connectivity index is 0.00000261. The van der Waals surface area contributed by atoms with Crippen molar-refractivity contribution in [3.05, 3.63) is 71.3 Å². The van der Waals surface area contributed by atoms with Crippen LogP contribution in [0.2, 0.25) is 0 Å². The average Bonchev–Trinajstić information content (AvgIpc) is 3.14. The van der Waals surface area contributed by atoms with Gasteiger partial charge in [-0.3, -0.25) is 4.79 Å². The summed E-state index contributed by atoms with van der Waals surface area (Å²) < 4.78 is 5.97. The van der Waals surface area contributed by atoms with Gasteiger partial charge in [-0.1, -0.05) is 60.2 Å². The number of benzene rings is 2. The Morgan fingerprint density at radius 2 is 1.89 bits per heavy atom. The lowest BCUT2D eigenvalue weighted by Crippen LogP contribution is -2.37. The molecule has 2 unspecified atom stereocenters. The molecule has 1 heterocycles. The summed E-state index contributed by atoms with van der Waals surface area (Å²) in [5.74, 6) is -0.00996. The molecule has 0 aliphatic carbocycles. The number of ether oxygens (including phenoxy) is 1. The summed E-state index contributed by atoms with van der Waals surface area (Å²) in [6.45, 7) is 4.12. The summed E-state index contributed by atoms with van der Waals surface area (Å²) in [7, 11) is 0. The van der Waals surface area contributed by atoms with Crippen molar-refractivity contribution in [1.29, 1.82) is 0 Å². The molecule has 0 bridgehead atoms. The Bertz CT molecular complexity index is 706. The predicted molar refractivity (Wildman–Crippen MR) is 111 cm³/mol. The van der Waals surface area contributed by atoms with E-state index in [9.17, 15) is 4.79 Å². The molecule has 0 saturated carbocycles. The third-order valence-corrected chi connectivity index (χ3v) is 4.97. The van der Waals surface area contributed by atoms with Crippen molar-refractivity contribution in [2.45, 2.75) is 38.3 Å². The van der Waals surface area contributed by atoms with E-state index in [-0.39, 0.29) is 24.4 Å². The lowest BCUT2D eigenvalue weighted by molar-refractivity contribution is -0.132. The molecule has 3 rings (SSSR count). The van der Waals surface area contributed by atoms with E-state index in [1.165, 1.54) is 11.1 Å². The number of nitrogens with two attached hydrogens (primary N) is 1. The van der Waals surface area contributed by atoms with Crippen LogP contribution in [0.3, 0.4) is 0 Å². The van der Waals surface area contributed by atoms with E-state index in [0.717, 1.165) is 38.0 Å².